The highest BCUT2D eigenvalue weighted by Crippen LogP contribution is 2.28. The Morgan fingerprint density at radius 1 is 1.29 bits per heavy atom. The Morgan fingerprint density at radius 3 is 2.81 bits per heavy atom. The lowest BCUT2D eigenvalue weighted by Gasteiger charge is -2.35. The molecule has 1 N–H and O–H groups in total. The van der Waals surface area contributed by atoms with E-state index < -0.39 is 0 Å². The molecule has 110 valence electrons. The Hall–Kier alpha value is -2.24. The van der Waals surface area contributed by atoms with E-state index in [0.717, 1.165) is 31.4 Å². The number of aryl methyl sites for hydroxylation is 1. The van der Waals surface area contributed by atoms with Crippen molar-refractivity contribution in [2.24, 2.45) is 5.92 Å². The maximum absolute atomic E-state index is 11.9. The molecule has 1 aliphatic rings. The van der Waals surface area contributed by atoms with Gasteiger partial charge in [0, 0.05) is 31.4 Å². The highest BCUT2D eigenvalue weighted by atomic mass is 16.1. The van der Waals surface area contributed by atoms with Crippen molar-refractivity contribution in [2.45, 2.75) is 38.3 Å². The zero-order chi connectivity index (χ0) is 14.5. The van der Waals surface area contributed by atoms with Crippen molar-refractivity contribution in [3.8, 4) is 0 Å². The van der Waals surface area contributed by atoms with Crippen molar-refractivity contribution in [2.75, 3.05) is 0 Å². The van der Waals surface area contributed by atoms with Crippen molar-refractivity contribution >= 4 is 5.91 Å². The minimum Gasteiger partial charge on any atom is -0.353 e. The largest absolute Gasteiger partial charge is 0.353 e. The fraction of sp³-hybridized carbons (Fsp3) is 0.467. The summed E-state index contributed by atoms with van der Waals surface area (Å²) in [7, 11) is 0. The van der Waals surface area contributed by atoms with Gasteiger partial charge in [-0.3, -0.25) is 14.5 Å². The van der Waals surface area contributed by atoms with E-state index in [1.165, 1.54) is 0 Å². The van der Waals surface area contributed by atoms with Crippen molar-refractivity contribution in [3.05, 3.63) is 42.7 Å². The molecule has 6 heteroatoms. The number of nitrogens with zero attached hydrogens (tertiary/aromatic N) is 4. The highest BCUT2D eigenvalue weighted by molar-refractivity contribution is 5.76. The van der Waals surface area contributed by atoms with E-state index in [0.29, 0.717) is 18.4 Å². The molecule has 2 aromatic rings. The van der Waals surface area contributed by atoms with Crippen molar-refractivity contribution < 1.29 is 4.79 Å². The Balaban J connectivity index is 1.34. The van der Waals surface area contributed by atoms with Crippen LogP contribution in [0.4, 0.5) is 0 Å². The maximum atomic E-state index is 11.9. The summed E-state index contributed by atoms with van der Waals surface area (Å²) in [5, 5.41) is 7.20. The Bertz CT molecular complexity index is 563. The molecular formula is C15H19N5O. The molecular weight excluding hydrogens is 266 g/mol. The summed E-state index contributed by atoms with van der Waals surface area (Å²) in [6.07, 6.45) is 10.2. The van der Waals surface area contributed by atoms with Crippen LogP contribution in [0.15, 0.2) is 37.2 Å². The first kappa shape index (κ1) is 13.7. The van der Waals surface area contributed by atoms with Crippen LogP contribution in [0, 0.1) is 5.92 Å². The molecule has 6 nitrogen and oxygen atoms in total. The lowest BCUT2D eigenvalue weighted by atomic mass is 9.80. The fourth-order valence-corrected chi connectivity index (χ4v) is 2.70. The molecule has 1 amide bonds. The molecule has 0 bridgehead atoms. The summed E-state index contributed by atoms with van der Waals surface area (Å²) in [6, 6.07) is 4.22. The van der Waals surface area contributed by atoms with Crippen LogP contribution in [0.5, 0.6) is 0 Å². The average molecular weight is 285 g/mol. The van der Waals surface area contributed by atoms with E-state index in [1.807, 2.05) is 16.8 Å². The van der Waals surface area contributed by atoms with Crippen LogP contribution in [0.1, 0.15) is 24.8 Å². The number of rotatable bonds is 6. The van der Waals surface area contributed by atoms with Gasteiger partial charge >= 0.3 is 0 Å². The van der Waals surface area contributed by atoms with E-state index in [2.05, 4.69) is 20.4 Å². The second kappa shape index (κ2) is 6.47. The van der Waals surface area contributed by atoms with Crippen LogP contribution >= 0.6 is 0 Å². The van der Waals surface area contributed by atoms with Gasteiger partial charge in [0.1, 0.15) is 12.7 Å². The normalized spacial score (nSPS) is 20.8. The molecule has 1 saturated carbocycles. The summed E-state index contributed by atoms with van der Waals surface area (Å²) in [5.41, 5.74) is 1.15. The van der Waals surface area contributed by atoms with Crippen molar-refractivity contribution in [3.63, 3.8) is 0 Å². The molecule has 21 heavy (non-hydrogen) atoms. The second-order valence-corrected chi connectivity index (χ2v) is 5.57. The van der Waals surface area contributed by atoms with E-state index in [4.69, 9.17) is 0 Å². The summed E-state index contributed by atoms with van der Waals surface area (Å²) in [4.78, 5) is 19.8. The van der Waals surface area contributed by atoms with Crippen LogP contribution < -0.4 is 5.32 Å². The fourth-order valence-electron chi connectivity index (χ4n) is 2.70. The third-order valence-electron chi connectivity index (χ3n) is 3.90. The molecule has 2 heterocycles. The van der Waals surface area contributed by atoms with Crippen LogP contribution in [0.3, 0.4) is 0 Å². The van der Waals surface area contributed by atoms with Gasteiger partial charge in [0.05, 0.1) is 0 Å². The number of pyridine rings is 1. The number of amides is 1. The first-order valence-corrected chi connectivity index (χ1v) is 7.30. The van der Waals surface area contributed by atoms with Crippen LogP contribution in [-0.2, 0) is 17.8 Å². The first-order chi connectivity index (χ1) is 10.3. The van der Waals surface area contributed by atoms with Gasteiger partial charge < -0.3 is 5.32 Å². The van der Waals surface area contributed by atoms with E-state index in [-0.39, 0.29) is 5.91 Å². The number of aromatic nitrogens is 4. The lowest BCUT2D eigenvalue weighted by molar-refractivity contribution is -0.122. The predicted molar refractivity (Wildman–Crippen MR) is 77.2 cm³/mol. The third-order valence-corrected chi connectivity index (χ3v) is 3.90. The minimum atomic E-state index is 0.135. The van der Waals surface area contributed by atoms with E-state index >= 15 is 0 Å². The molecule has 0 saturated heterocycles. The summed E-state index contributed by atoms with van der Waals surface area (Å²) >= 11 is 0. The molecule has 0 spiro atoms. The quantitative estimate of drug-likeness (QED) is 0.865. The molecule has 0 radical (unpaired) electrons. The standard InChI is InChI=1S/C15H19N5O/c21-15(2-1-12-3-5-16-6-4-12)19-14-7-13(8-14)9-20-11-17-10-18-20/h3-6,10-11,13-14H,1-2,7-9H2,(H,19,21). The zero-order valence-electron chi connectivity index (χ0n) is 11.9. The lowest BCUT2D eigenvalue weighted by Crippen LogP contribution is -2.45. The van der Waals surface area contributed by atoms with Gasteiger partial charge in [-0.1, -0.05) is 0 Å². The van der Waals surface area contributed by atoms with Crippen molar-refractivity contribution in [1.82, 2.24) is 25.1 Å². The van der Waals surface area contributed by atoms with Gasteiger partial charge in [-0.15, -0.1) is 0 Å². The summed E-state index contributed by atoms with van der Waals surface area (Å²) in [5.74, 6) is 0.730. The van der Waals surface area contributed by atoms with Gasteiger partial charge in [-0.2, -0.15) is 5.10 Å². The van der Waals surface area contributed by atoms with Gasteiger partial charge in [0.15, 0.2) is 0 Å². The number of carbonyl (C=O) groups excluding carboxylic acids is 1. The van der Waals surface area contributed by atoms with Gasteiger partial charge in [-0.25, -0.2) is 4.98 Å². The Morgan fingerprint density at radius 2 is 2.10 bits per heavy atom. The molecule has 3 rings (SSSR count). The third kappa shape index (κ3) is 3.87. The van der Waals surface area contributed by atoms with Gasteiger partial charge in [-0.05, 0) is 42.9 Å². The monoisotopic (exact) mass is 285 g/mol. The van der Waals surface area contributed by atoms with Crippen molar-refractivity contribution in [1.29, 1.82) is 0 Å². The number of hydrogen-bond acceptors (Lipinski definition) is 4. The molecule has 2 aromatic heterocycles. The summed E-state index contributed by atoms with van der Waals surface area (Å²) in [6.45, 7) is 0.892. The average Bonchev–Trinajstić information content (AvgIpc) is 2.97. The number of nitrogens with one attached hydrogen (secondary N) is 1. The smallest absolute Gasteiger partial charge is 0.220 e. The van der Waals surface area contributed by atoms with Crippen LogP contribution in [0.2, 0.25) is 0 Å². The highest BCUT2D eigenvalue weighted by Gasteiger charge is 2.30. The zero-order valence-corrected chi connectivity index (χ0v) is 11.9. The molecule has 0 aromatic carbocycles. The van der Waals surface area contributed by atoms with E-state index in [9.17, 15) is 4.79 Å². The molecule has 0 atom stereocenters. The second-order valence-electron chi connectivity index (χ2n) is 5.57. The van der Waals surface area contributed by atoms with Crippen LogP contribution in [-0.4, -0.2) is 31.7 Å². The maximum Gasteiger partial charge on any atom is 0.220 e. The number of carbonyl (C=O) groups is 1. The Labute approximate surface area is 123 Å². The predicted octanol–water partition coefficient (Wildman–Crippen LogP) is 1.20. The number of hydrogen-bond donors (Lipinski definition) is 1. The molecule has 1 aliphatic carbocycles. The molecule has 1 fully saturated rings. The Kier molecular flexibility index (Phi) is 4.23. The van der Waals surface area contributed by atoms with Gasteiger partial charge in [0.2, 0.25) is 5.91 Å². The molecule has 0 unspecified atom stereocenters. The topological polar surface area (TPSA) is 72.7 Å². The van der Waals surface area contributed by atoms with Gasteiger partial charge in [0.25, 0.3) is 0 Å². The minimum absolute atomic E-state index is 0.135. The molecule has 0 aliphatic heterocycles. The first-order valence-electron chi connectivity index (χ1n) is 7.30. The van der Waals surface area contributed by atoms with E-state index in [1.54, 1.807) is 25.0 Å². The summed E-state index contributed by atoms with van der Waals surface area (Å²) < 4.78 is 1.85. The van der Waals surface area contributed by atoms with Crippen LogP contribution in [0.25, 0.3) is 0 Å². The SMILES string of the molecule is O=C(CCc1ccncc1)NC1CC(Cn2cncn2)C1.